The maximum Gasteiger partial charge on any atom is 0.338 e. The van der Waals surface area contributed by atoms with Crippen LogP contribution in [-0.2, 0) is 9.53 Å². The van der Waals surface area contributed by atoms with Gasteiger partial charge in [-0.05, 0) is 65.0 Å². The topological polar surface area (TPSA) is 90.1 Å². The minimum atomic E-state index is -0.603. The Balaban J connectivity index is 1.93. The van der Waals surface area contributed by atoms with E-state index in [-0.39, 0.29) is 23.7 Å². The van der Waals surface area contributed by atoms with Crippen molar-refractivity contribution >= 4 is 50.6 Å². The highest BCUT2D eigenvalue weighted by molar-refractivity contribution is 9.10. The number of hydrogen-bond acceptors (Lipinski definition) is 8. The van der Waals surface area contributed by atoms with Crippen molar-refractivity contribution in [3.05, 3.63) is 75.5 Å². The van der Waals surface area contributed by atoms with Crippen molar-refractivity contribution in [1.29, 1.82) is 0 Å². The zero-order valence-corrected chi connectivity index (χ0v) is 20.6. The largest absolute Gasteiger partial charge is 0.503 e. The predicted molar refractivity (Wildman–Crippen MR) is 127 cm³/mol. The monoisotopic (exact) mass is 534 g/mol. The number of ether oxygens (including phenoxy) is 2. The third kappa shape index (κ3) is 3.94. The third-order valence-corrected chi connectivity index (χ3v) is 7.41. The minimum Gasteiger partial charge on any atom is -0.503 e. The summed E-state index contributed by atoms with van der Waals surface area (Å²) in [4.78, 5) is 32.2. The number of halogens is 1. The molecule has 0 amide bonds. The number of carbonyl (C=O) groups excluding carboxylic acids is 1. The number of fused-ring (bicyclic) bond motifs is 1. The van der Waals surface area contributed by atoms with E-state index < -0.39 is 12.0 Å². The summed E-state index contributed by atoms with van der Waals surface area (Å²) in [6.07, 6.45) is 1.71. The van der Waals surface area contributed by atoms with Gasteiger partial charge in [-0.2, -0.15) is 0 Å². The molecule has 1 atom stereocenters. The van der Waals surface area contributed by atoms with Crippen molar-refractivity contribution in [2.45, 2.75) is 19.9 Å². The van der Waals surface area contributed by atoms with E-state index in [9.17, 15) is 14.7 Å². The molecule has 1 aromatic carbocycles. The molecule has 3 aromatic rings. The molecular weight excluding hydrogens is 516 g/mol. The van der Waals surface area contributed by atoms with Crippen molar-refractivity contribution in [3.63, 3.8) is 0 Å². The van der Waals surface area contributed by atoms with Gasteiger partial charge in [0.15, 0.2) is 16.3 Å². The summed E-state index contributed by atoms with van der Waals surface area (Å²) in [7, 11) is 1.46. The quantitative estimate of drug-likeness (QED) is 0.507. The second-order valence-corrected chi connectivity index (χ2v) is 9.71. The fourth-order valence-electron chi connectivity index (χ4n) is 3.49. The fourth-order valence-corrected chi connectivity index (χ4v) is 5.82. The van der Waals surface area contributed by atoms with E-state index in [1.54, 1.807) is 36.6 Å². The van der Waals surface area contributed by atoms with Gasteiger partial charge in [-0.3, -0.25) is 9.36 Å². The standard InChI is InChI=1S/C22H19BrN2O5S2/c1-4-30-21(28)17-11(2)24-22-25(18(17)15-6-5-7-31-15)20(27)16(32-22)10-12-8-13(23)19(26)14(9-12)29-3/h5-10,18,26H,4H2,1-3H3/b16-10+/t18-/m1/s1. The molecule has 3 heterocycles. The van der Waals surface area contributed by atoms with Gasteiger partial charge >= 0.3 is 5.97 Å². The highest BCUT2D eigenvalue weighted by Gasteiger charge is 2.33. The summed E-state index contributed by atoms with van der Waals surface area (Å²) >= 11 is 6.01. The molecule has 0 saturated heterocycles. The molecule has 1 aliphatic rings. The van der Waals surface area contributed by atoms with E-state index in [0.29, 0.717) is 30.6 Å². The first kappa shape index (κ1) is 22.5. The van der Waals surface area contributed by atoms with Crippen LogP contribution in [-0.4, -0.2) is 29.4 Å². The van der Waals surface area contributed by atoms with E-state index in [1.165, 1.54) is 29.8 Å². The van der Waals surface area contributed by atoms with Crippen molar-refractivity contribution in [2.75, 3.05) is 13.7 Å². The van der Waals surface area contributed by atoms with E-state index in [4.69, 9.17) is 9.47 Å². The summed E-state index contributed by atoms with van der Waals surface area (Å²) in [6.45, 7) is 3.73. The van der Waals surface area contributed by atoms with Crippen molar-refractivity contribution in [1.82, 2.24) is 4.57 Å². The van der Waals surface area contributed by atoms with Crippen LogP contribution in [0.2, 0.25) is 0 Å². The lowest BCUT2D eigenvalue weighted by molar-refractivity contribution is -0.139. The van der Waals surface area contributed by atoms with Gasteiger partial charge < -0.3 is 14.6 Å². The van der Waals surface area contributed by atoms with Crippen LogP contribution in [0.4, 0.5) is 0 Å². The number of thiophene rings is 1. The van der Waals surface area contributed by atoms with E-state index in [0.717, 1.165) is 4.88 Å². The van der Waals surface area contributed by atoms with Gasteiger partial charge in [0.2, 0.25) is 0 Å². The summed E-state index contributed by atoms with van der Waals surface area (Å²) < 4.78 is 12.9. The van der Waals surface area contributed by atoms with Crippen LogP contribution in [0.3, 0.4) is 0 Å². The summed E-state index contributed by atoms with van der Waals surface area (Å²) in [6, 6.07) is 6.51. The number of carbonyl (C=O) groups is 1. The smallest absolute Gasteiger partial charge is 0.338 e. The molecule has 0 radical (unpaired) electrons. The highest BCUT2D eigenvalue weighted by atomic mass is 79.9. The van der Waals surface area contributed by atoms with Gasteiger partial charge in [0, 0.05) is 4.88 Å². The van der Waals surface area contributed by atoms with Gasteiger partial charge in [0.25, 0.3) is 5.56 Å². The predicted octanol–water partition coefficient (Wildman–Crippen LogP) is 3.34. The van der Waals surface area contributed by atoms with Gasteiger partial charge in [0.1, 0.15) is 6.04 Å². The molecule has 0 aliphatic carbocycles. The van der Waals surface area contributed by atoms with Crippen LogP contribution < -0.4 is 19.6 Å². The molecule has 2 aromatic heterocycles. The Hall–Kier alpha value is -2.69. The number of esters is 1. The van der Waals surface area contributed by atoms with Crippen molar-refractivity contribution in [3.8, 4) is 11.5 Å². The molecule has 1 aliphatic heterocycles. The molecule has 0 unspecified atom stereocenters. The number of phenolic OH excluding ortho intramolecular Hbond substituents is 1. The first-order valence-corrected chi connectivity index (χ1v) is 12.1. The van der Waals surface area contributed by atoms with Crippen LogP contribution in [0.25, 0.3) is 6.08 Å². The Morgan fingerprint density at radius 2 is 2.19 bits per heavy atom. The van der Waals surface area contributed by atoms with Crippen LogP contribution >= 0.6 is 38.6 Å². The molecule has 32 heavy (non-hydrogen) atoms. The number of phenols is 1. The van der Waals surface area contributed by atoms with Crippen LogP contribution in [0.15, 0.2) is 55.2 Å². The molecule has 0 saturated carbocycles. The number of nitrogens with zero attached hydrogens (tertiary/aromatic N) is 2. The Morgan fingerprint density at radius 3 is 2.84 bits per heavy atom. The lowest BCUT2D eigenvalue weighted by Crippen LogP contribution is -2.39. The number of aromatic nitrogens is 1. The number of benzene rings is 1. The average molecular weight is 535 g/mol. The SMILES string of the molecule is CCOC(=O)C1=C(C)N=c2s/c(=C/c3cc(Br)c(O)c(OC)c3)c(=O)n2[C@@H]1c1cccs1. The van der Waals surface area contributed by atoms with E-state index in [1.807, 2.05) is 17.5 Å². The first-order chi connectivity index (χ1) is 15.3. The third-order valence-electron chi connectivity index (χ3n) is 4.90. The zero-order chi connectivity index (χ0) is 23.0. The van der Waals surface area contributed by atoms with Crippen LogP contribution in [0.5, 0.6) is 11.5 Å². The Kier molecular flexibility index (Phi) is 6.36. The van der Waals surface area contributed by atoms with Gasteiger partial charge in [-0.15, -0.1) is 11.3 Å². The Morgan fingerprint density at radius 1 is 1.41 bits per heavy atom. The number of hydrogen-bond donors (Lipinski definition) is 1. The normalized spacial score (nSPS) is 16.0. The minimum absolute atomic E-state index is 0.0153. The average Bonchev–Trinajstić information content (AvgIpc) is 3.38. The summed E-state index contributed by atoms with van der Waals surface area (Å²) in [5, 5.41) is 12.0. The maximum absolute atomic E-state index is 13.5. The van der Waals surface area contributed by atoms with E-state index in [2.05, 4.69) is 20.9 Å². The zero-order valence-electron chi connectivity index (χ0n) is 17.4. The summed E-state index contributed by atoms with van der Waals surface area (Å²) in [5.41, 5.74) is 1.31. The molecule has 4 rings (SSSR count). The molecule has 0 bridgehead atoms. The van der Waals surface area contributed by atoms with Crippen molar-refractivity contribution < 1.29 is 19.4 Å². The van der Waals surface area contributed by atoms with Crippen LogP contribution in [0, 0.1) is 0 Å². The second-order valence-electron chi connectivity index (χ2n) is 6.87. The molecule has 10 heteroatoms. The molecule has 0 spiro atoms. The maximum atomic E-state index is 13.5. The Bertz CT molecular complexity index is 1400. The fraction of sp³-hybridized carbons (Fsp3) is 0.227. The van der Waals surface area contributed by atoms with Gasteiger partial charge in [0.05, 0.1) is 34.0 Å². The molecule has 1 N–H and O–H groups in total. The van der Waals surface area contributed by atoms with E-state index >= 15 is 0 Å². The van der Waals surface area contributed by atoms with Gasteiger partial charge in [-0.25, -0.2) is 9.79 Å². The molecule has 7 nitrogen and oxygen atoms in total. The molecule has 166 valence electrons. The van der Waals surface area contributed by atoms with Gasteiger partial charge in [-0.1, -0.05) is 17.4 Å². The number of allylic oxidation sites excluding steroid dienone is 1. The number of thiazole rings is 1. The molecule has 0 fully saturated rings. The second kappa shape index (κ2) is 9.05. The number of methoxy groups -OCH3 is 1. The lowest BCUT2D eigenvalue weighted by Gasteiger charge is -2.23. The molecular formula is C22H19BrN2O5S2. The summed E-state index contributed by atoms with van der Waals surface area (Å²) in [5.74, 6) is -0.206. The highest BCUT2D eigenvalue weighted by Crippen LogP contribution is 2.36. The lowest BCUT2D eigenvalue weighted by atomic mass is 10.0. The Labute approximate surface area is 199 Å². The number of rotatable bonds is 5. The van der Waals surface area contributed by atoms with Crippen molar-refractivity contribution in [2.24, 2.45) is 4.99 Å². The first-order valence-electron chi connectivity index (χ1n) is 9.65. The van der Waals surface area contributed by atoms with Crippen LogP contribution in [0.1, 0.15) is 30.3 Å². The number of aromatic hydroxyl groups is 1.